The molecular weight excluding hydrogens is 412 g/mol. The van der Waals surface area contributed by atoms with Crippen LogP contribution in [0.25, 0.3) is 0 Å². The van der Waals surface area contributed by atoms with E-state index in [0.717, 1.165) is 24.2 Å². The van der Waals surface area contributed by atoms with Crippen molar-refractivity contribution in [1.29, 1.82) is 0 Å². The van der Waals surface area contributed by atoms with Crippen LogP contribution in [-0.4, -0.2) is 44.0 Å². The first kappa shape index (κ1) is 21.1. The summed E-state index contributed by atoms with van der Waals surface area (Å²) in [5.41, 5.74) is 2.36. The number of pyridine rings is 1. The molecule has 1 fully saturated rings. The predicted octanol–water partition coefficient (Wildman–Crippen LogP) is 2.82. The third-order valence-corrected chi connectivity index (χ3v) is 4.76. The largest absolute Gasteiger partial charge is 0.418 e. The zero-order valence-corrected chi connectivity index (χ0v) is 17.6. The second kappa shape index (κ2) is 9.33. The quantitative estimate of drug-likeness (QED) is 0.511. The molecular formula is C21H22N8O3. The monoisotopic (exact) mass is 434 g/mol. The van der Waals surface area contributed by atoms with E-state index in [1.807, 2.05) is 6.92 Å². The summed E-state index contributed by atoms with van der Waals surface area (Å²) in [5.74, 6) is 0.144. The number of amides is 2. The summed E-state index contributed by atoms with van der Waals surface area (Å²) in [4.78, 5) is 45.9. The summed E-state index contributed by atoms with van der Waals surface area (Å²) in [6.45, 7) is 1.93. The number of aromatic nitrogens is 5. The molecule has 3 aromatic heterocycles. The number of rotatable bonds is 7. The molecule has 3 heterocycles. The Bertz CT molecular complexity index is 1140. The second-order valence-corrected chi connectivity index (χ2v) is 7.12. The van der Waals surface area contributed by atoms with Crippen LogP contribution in [-0.2, 0) is 6.42 Å². The fraction of sp³-hybridized carbons (Fsp3) is 0.286. The van der Waals surface area contributed by atoms with Crippen molar-refractivity contribution < 1.29 is 14.3 Å². The van der Waals surface area contributed by atoms with Gasteiger partial charge in [-0.05, 0) is 31.4 Å². The van der Waals surface area contributed by atoms with Gasteiger partial charge in [-0.2, -0.15) is 0 Å². The molecule has 4 rings (SSSR count). The van der Waals surface area contributed by atoms with Gasteiger partial charge in [-0.25, -0.2) is 29.7 Å². The highest BCUT2D eigenvalue weighted by molar-refractivity contribution is 6.01. The first-order valence-electron chi connectivity index (χ1n) is 10.2. The number of aryl methyl sites for hydroxylation is 1. The molecule has 0 bridgehead atoms. The van der Waals surface area contributed by atoms with Crippen molar-refractivity contribution in [2.24, 2.45) is 0 Å². The van der Waals surface area contributed by atoms with E-state index >= 15 is 0 Å². The highest BCUT2D eigenvalue weighted by Crippen LogP contribution is 2.40. The van der Waals surface area contributed by atoms with E-state index < -0.39 is 12.0 Å². The number of carbonyl (C=O) groups is 2. The fourth-order valence-corrected chi connectivity index (χ4v) is 2.93. The zero-order chi connectivity index (χ0) is 22.5. The van der Waals surface area contributed by atoms with Crippen molar-refractivity contribution in [2.45, 2.75) is 32.1 Å². The smallest absolute Gasteiger partial charge is 0.387 e. The number of ether oxygens (including phenoxy) is 1. The lowest BCUT2D eigenvalue weighted by molar-refractivity contribution is 0.0959. The van der Waals surface area contributed by atoms with E-state index in [4.69, 9.17) is 4.74 Å². The first-order valence-corrected chi connectivity index (χ1v) is 10.2. The summed E-state index contributed by atoms with van der Waals surface area (Å²) in [6, 6.07) is 3.35. The van der Waals surface area contributed by atoms with E-state index in [9.17, 15) is 9.59 Å². The Kier molecular flexibility index (Phi) is 6.15. The van der Waals surface area contributed by atoms with E-state index in [-0.39, 0.29) is 23.1 Å². The minimum atomic E-state index is -0.823. The number of hydrogen-bond acceptors (Lipinski definition) is 9. The number of nitrogens with zero attached hydrogens (tertiary/aromatic N) is 5. The van der Waals surface area contributed by atoms with Crippen LogP contribution in [0.5, 0.6) is 5.88 Å². The Morgan fingerprint density at radius 1 is 1.12 bits per heavy atom. The van der Waals surface area contributed by atoms with Crippen LogP contribution >= 0.6 is 0 Å². The van der Waals surface area contributed by atoms with Crippen LogP contribution in [0.15, 0.2) is 37.1 Å². The van der Waals surface area contributed by atoms with Gasteiger partial charge in [-0.3, -0.25) is 10.1 Å². The van der Waals surface area contributed by atoms with E-state index in [0.29, 0.717) is 18.0 Å². The average molecular weight is 434 g/mol. The summed E-state index contributed by atoms with van der Waals surface area (Å²) in [7, 11) is 1.49. The van der Waals surface area contributed by atoms with E-state index in [2.05, 4.69) is 40.9 Å². The Morgan fingerprint density at radius 2 is 1.91 bits per heavy atom. The molecule has 1 saturated carbocycles. The number of hydrogen-bond donors (Lipinski definition) is 3. The summed E-state index contributed by atoms with van der Waals surface area (Å²) >= 11 is 0. The summed E-state index contributed by atoms with van der Waals surface area (Å²) < 4.78 is 5.48. The van der Waals surface area contributed by atoms with Gasteiger partial charge in [0.2, 0.25) is 0 Å². The summed E-state index contributed by atoms with van der Waals surface area (Å²) in [6.07, 6.45) is 8.04. The standard InChI is InChI=1S/C21H22N8O3/c1-3-13-6-7-15(17(26-13)19(30)22-2)29-21(31)32-20-18(27-14-8-23-11-24-9-14)25-10-16(28-20)12-4-5-12/h6-12H,3-5H2,1-2H3,(H,22,30)(H,25,27)(H,29,31). The van der Waals surface area contributed by atoms with Gasteiger partial charge in [0, 0.05) is 18.7 Å². The van der Waals surface area contributed by atoms with Gasteiger partial charge in [-0.1, -0.05) is 6.92 Å². The SMILES string of the molecule is CCc1ccc(NC(=O)Oc2nc(C3CC3)cnc2Nc2cncnc2)c(C(=O)NC)n1. The molecule has 1 aliphatic carbocycles. The lowest BCUT2D eigenvalue weighted by Crippen LogP contribution is -2.25. The van der Waals surface area contributed by atoms with E-state index in [1.165, 1.54) is 13.4 Å². The number of nitrogens with one attached hydrogen (secondary N) is 3. The first-order chi connectivity index (χ1) is 15.6. The minimum Gasteiger partial charge on any atom is -0.387 e. The van der Waals surface area contributed by atoms with Crippen molar-refractivity contribution in [1.82, 2.24) is 30.2 Å². The molecule has 0 aliphatic heterocycles. The van der Waals surface area contributed by atoms with Crippen LogP contribution in [0.3, 0.4) is 0 Å². The van der Waals surface area contributed by atoms with Crippen LogP contribution < -0.4 is 20.7 Å². The van der Waals surface area contributed by atoms with Crippen molar-refractivity contribution in [2.75, 3.05) is 17.7 Å². The van der Waals surface area contributed by atoms with Crippen LogP contribution in [0, 0.1) is 0 Å². The molecule has 0 atom stereocenters. The molecule has 2 amide bonds. The molecule has 164 valence electrons. The molecule has 0 aromatic carbocycles. The Balaban J connectivity index is 1.57. The Morgan fingerprint density at radius 3 is 2.59 bits per heavy atom. The fourth-order valence-electron chi connectivity index (χ4n) is 2.93. The third kappa shape index (κ3) is 4.94. The van der Waals surface area contributed by atoms with Crippen molar-refractivity contribution in [3.63, 3.8) is 0 Å². The predicted molar refractivity (Wildman–Crippen MR) is 116 cm³/mol. The molecule has 0 spiro atoms. The maximum Gasteiger partial charge on any atom is 0.418 e. The molecule has 0 unspecified atom stereocenters. The third-order valence-electron chi connectivity index (χ3n) is 4.76. The van der Waals surface area contributed by atoms with Crippen LogP contribution in [0.4, 0.5) is 22.0 Å². The Hall–Kier alpha value is -4.15. The van der Waals surface area contributed by atoms with Gasteiger partial charge in [0.25, 0.3) is 11.8 Å². The normalized spacial score (nSPS) is 12.7. The topological polar surface area (TPSA) is 144 Å². The van der Waals surface area contributed by atoms with Crippen molar-refractivity contribution in [3.05, 3.63) is 54.1 Å². The molecule has 0 saturated heterocycles. The molecule has 32 heavy (non-hydrogen) atoms. The maximum atomic E-state index is 12.7. The molecule has 0 radical (unpaired) electrons. The van der Waals surface area contributed by atoms with E-state index in [1.54, 1.807) is 30.7 Å². The van der Waals surface area contributed by atoms with Gasteiger partial charge in [-0.15, -0.1) is 0 Å². The lowest BCUT2D eigenvalue weighted by Gasteiger charge is -2.13. The van der Waals surface area contributed by atoms with Gasteiger partial charge < -0.3 is 15.4 Å². The minimum absolute atomic E-state index is 0.00961. The van der Waals surface area contributed by atoms with Crippen LogP contribution in [0.2, 0.25) is 0 Å². The van der Waals surface area contributed by atoms with Crippen LogP contribution in [0.1, 0.15) is 47.6 Å². The highest BCUT2D eigenvalue weighted by atomic mass is 16.6. The van der Waals surface area contributed by atoms with Gasteiger partial charge in [0.15, 0.2) is 11.5 Å². The highest BCUT2D eigenvalue weighted by Gasteiger charge is 2.27. The molecule has 11 nitrogen and oxygen atoms in total. The number of anilines is 3. The average Bonchev–Trinajstić information content (AvgIpc) is 3.66. The lowest BCUT2D eigenvalue weighted by atomic mass is 10.2. The second-order valence-electron chi connectivity index (χ2n) is 7.12. The molecule has 1 aliphatic rings. The molecule has 3 aromatic rings. The van der Waals surface area contributed by atoms with Crippen molar-refractivity contribution in [3.8, 4) is 5.88 Å². The van der Waals surface area contributed by atoms with Gasteiger partial charge >= 0.3 is 6.09 Å². The van der Waals surface area contributed by atoms with Gasteiger partial charge in [0.1, 0.15) is 6.33 Å². The maximum absolute atomic E-state index is 12.7. The molecule has 3 N–H and O–H groups in total. The Labute approximate surface area is 184 Å². The number of carbonyl (C=O) groups excluding carboxylic acids is 2. The van der Waals surface area contributed by atoms with Gasteiger partial charge in [0.05, 0.1) is 35.7 Å². The summed E-state index contributed by atoms with van der Waals surface area (Å²) in [5, 5.41) is 8.10. The molecule has 11 heteroatoms. The van der Waals surface area contributed by atoms with Crippen molar-refractivity contribution >= 4 is 29.2 Å². The zero-order valence-electron chi connectivity index (χ0n) is 17.6.